The van der Waals surface area contributed by atoms with Crippen molar-refractivity contribution in [2.45, 2.75) is 19.8 Å². The summed E-state index contributed by atoms with van der Waals surface area (Å²) in [6.45, 7) is 3.17. The Labute approximate surface area is 126 Å². The van der Waals surface area contributed by atoms with Crippen molar-refractivity contribution in [3.63, 3.8) is 0 Å². The second-order valence-corrected chi connectivity index (χ2v) is 4.84. The number of ether oxygens (including phenoxy) is 1. The molecular weight excluding hydrogens is 264 g/mol. The summed E-state index contributed by atoms with van der Waals surface area (Å²) in [5.41, 5.74) is 0.855. The molecule has 0 unspecified atom stereocenters. The summed E-state index contributed by atoms with van der Waals surface area (Å²) >= 11 is 0. The van der Waals surface area contributed by atoms with E-state index < -0.39 is 0 Å². The van der Waals surface area contributed by atoms with E-state index in [9.17, 15) is 0 Å². The Kier molecular flexibility index (Phi) is 5.37. The summed E-state index contributed by atoms with van der Waals surface area (Å²) in [6.07, 6.45) is 4.08. The molecule has 0 spiro atoms. The molecule has 0 atom stereocenters. The van der Waals surface area contributed by atoms with Gasteiger partial charge in [-0.05, 0) is 24.6 Å². The first-order valence-electron chi connectivity index (χ1n) is 7.18. The fourth-order valence-electron chi connectivity index (χ4n) is 2.00. The molecule has 1 aromatic carbocycles. The number of nitrogens with zero attached hydrogens (tertiary/aromatic N) is 3. The number of rotatable bonds is 7. The normalized spacial score (nSPS) is 10.2. The largest absolute Gasteiger partial charge is 0.495 e. The predicted molar refractivity (Wildman–Crippen MR) is 86.5 cm³/mol. The van der Waals surface area contributed by atoms with Crippen molar-refractivity contribution >= 4 is 17.5 Å². The topological polar surface area (TPSA) is 50.3 Å². The minimum Gasteiger partial charge on any atom is -0.495 e. The Morgan fingerprint density at radius 1 is 1.24 bits per heavy atom. The average molecular weight is 286 g/mol. The van der Waals surface area contributed by atoms with Gasteiger partial charge < -0.3 is 15.0 Å². The molecule has 21 heavy (non-hydrogen) atoms. The van der Waals surface area contributed by atoms with Crippen molar-refractivity contribution < 1.29 is 4.74 Å². The van der Waals surface area contributed by atoms with Crippen LogP contribution in [0.15, 0.2) is 36.5 Å². The van der Waals surface area contributed by atoms with Gasteiger partial charge >= 0.3 is 0 Å². The fraction of sp³-hybridized carbons (Fsp3) is 0.375. The highest BCUT2D eigenvalue weighted by atomic mass is 16.5. The van der Waals surface area contributed by atoms with Crippen LogP contribution in [0, 0.1) is 0 Å². The Morgan fingerprint density at radius 2 is 2.05 bits per heavy atom. The molecule has 0 aliphatic rings. The highest BCUT2D eigenvalue weighted by Gasteiger charge is 2.07. The molecule has 5 heteroatoms. The molecule has 2 aromatic rings. The van der Waals surface area contributed by atoms with Gasteiger partial charge in [0.05, 0.1) is 12.8 Å². The van der Waals surface area contributed by atoms with Gasteiger partial charge in [-0.15, -0.1) is 0 Å². The maximum Gasteiger partial charge on any atom is 0.229 e. The monoisotopic (exact) mass is 286 g/mol. The van der Waals surface area contributed by atoms with Crippen LogP contribution in [-0.4, -0.2) is 30.7 Å². The number of para-hydroxylation sites is 2. The lowest BCUT2D eigenvalue weighted by Gasteiger charge is -2.18. The van der Waals surface area contributed by atoms with Gasteiger partial charge in [0.2, 0.25) is 5.95 Å². The molecule has 5 nitrogen and oxygen atoms in total. The van der Waals surface area contributed by atoms with E-state index >= 15 is 0 Å². The lowest BCUT2D eigenvalue weighted by Crippen LogP contribution is -2.20. The van der Waals surface area contributed by atoms with E-state index in [1.807, 2.05) is 37.4 Å². The molecule has 0 saturated heterocycles. The zero-order chi connectivity index (χ0) is 15.1. The number of hydrogen-bond acceptors (Lipinski definition) is 5. The molecule has 112 valence electrons. The van der Waals surface area contributed by atoms with Crippen LogP contribution in [0.3, 0.4) is 0 Å². The fourth-order valence-corrected chi connectivity index (χ4v) is 2.00. The molecule has 0 saturated carbocycles. The first kappa shape index (κ1) is 15.1. The van der Waals surface area contributed by atoms with Crippen LogP contribution >= 0.6 is 0 Å². The van der Waals surface area contributed by atoms with Gasteiger partial charge in [-0.3, -0.25) is 0 Å². The number of unbranched alkanes of at least 4 members (excludes halogenated alkanes) is 1. The highest BCUT2D eigenvalue weighted by molar-refractivity contribution is 5.62. The zero-order valence-corrected chi connectivity index (χ0v) is 12.8. The first-order chi connectivity index (χ1) is 10.2. The molecule has 1 heterocycles. The third-order valence-electron chi connectivity index (χ3n) is 3.23. The number of methoxy groups -OCH3 is 1. The van der Waals surface area contributed by atoms with Gasteiger partial charge in [0.15, 0.2) is 0 Å². The standard InChI is InChI=1S/C16H22N4O/c1-4-5-12-20(2)15-10-11-17-16(19-15)18-13-8-6-7-9-14(13)21-3/h6-11H,4-5,12H2,1-3H3,(H,17,18,19). The van der Waals surface area contributed by atoms with Gasteiger partial charge in [0.1, 0.15) is 11.6 Å². The van der Waals surface area contributed by atoms with Crippen molar-refractivity contribution in [1.82, 2.24) is 9.97 Å². The molecule has 0 bridgehead atoms. The minimum absolute atomic E-state index is 0.570. The number of benzene rings is 1. The van der Waals surface area contributed by atoms with Crippen molar-refractivity contribution in [2.75, 3.05) is 30.9 Å². The predicted octanol–water partition coefficient (Wildman–Crippen LogP) is 3.47. The van der Waals surface area contributed by atoms with Crippen LogP contribution in [0.25, 0.3) is 0 Å². The van der Waals surface area contributed by atoms with Crippen molar-refractivity contribution in [3.05, 3.63) is 36.5 Å². The highest BCUT2D eigenvalue weighted by Crippen LogP contribution is 2.25. The number of nitrogens with one attached hydrogen (secondary N) is 1. The molecule has 0 amide bonds. The summed E-state index contributed by atoms with van der Waals surface area (Å²) in [5, 5.41) is 3.20. The third-order valence-corrected chi connectivity index (χ3v) is 3.23. The van der Waals surface area contributed by atoms with Crippen LogP contribution < -0.4 is 15.0 Å². The summed E-state index contributed by atoms with van der Waals surface area (Å²) in [4.78, 5) is 11.0. The van der Waals surface area contributed by atoms with E-state index in [0.717, 1.165) is 30.2 Å². The van der Waals surface area contributed by atoms with Crippen molar-refractivity contribution in [2.24, 2.45) is 0 Å². The summed E-state index contributed by atoms with van der Waals surface area (Å²) < 4.78 is 5.32. The molecule has 0 fully saturated rings. The van der Waals surface area contributed by atoms with Crippen molar-refractivity contribution in [3.8, 4) is 5.75 Å². The van der Waals surface area contributed by atoms with E-state index in [1.54, 1.807) is 13.3 Å². The lowest BCUT2D eigenvalue weighted by atomic mass is 10.3. The molecule has 1 aromatic heterocycles. The SMILES string of the molecule is CCCCN(C)c1ccnc(Nc2ccccc2OC)n1. The maximum absolute atomic E-state index is 5.32. The Bertz CT molecular complexity index is 574. The molecular formula is C16H22N4O. The number of aromatic nitrogens is 2. The smallest absolute Gasteiger partial charge is 0.229 e. The van der Waals surface area contributed by atoms with Gasteiger partial charge in [-0.1, -0.05) is 25.5 Å². The number of hydrogen-bond donors (Lipinski definition) is 1. The van der Waals surface area contributed by atoms with Crippen LogP contribution in [-0.2, 0) is 0 Å². The number of anilines is 3. The van der Waals surface area contributed by atoms with E-state index in [1.165, 1.54) is 6.42 Å². The zero-order valence-electron chi connectivity index (χ0n) is 12.8. The molecule has 0 radical (unpaired) electrons. The van der Waals surface area contributed by atoms with Gasteiger partial charge in [-0.25, -0.2) is 4.98 Å². The third kappa shape index (κ3) is 4.08. The summed E-state index contributed by atoms with van der Waals surface area (Å²) in [6, 6.07) is 9.64. The average Bonchev–Trinajstić information content (AvgIpc) is 2.53. The Balaban J connectivity index is 2.14. The molecule has 0 aliphatic heterocycles. The Morgan fingerprint density at radius 3 is 2.81 bits per heavy atom. The molecule has 0 aliphatic carbocycles. The molecule has 2 rings (SSSR count). The van der Waals surface area contributed by atoms with E-state index in [4.69, 9.17) is 4.74 Å². The van der Waals surface area contributed by atoms with Crippen LogP contribution in [0.1, 0.15) is 19.8 Å². The van der Waals surface area contributed by atoms with E-state index in [-0.39, 0.29) is 0 Å². The molecule has 1 N–H and O–H groups in total. The summed E-state index contributed by atoms with van der Waals surface area (Å²) in [7, 11) is 3.70. The minimum atomic E-state index is 0.570. The van der Waals surface area contributed by atoms with Gasteiger partial charge in [0, 0.05) is 19.8 Å². The second-order valence-electron chi connectivity index (χ2n) is 4.84. The Hall–Kier alpha value is -2.30. The van der Waals surface area contributed by atoms with Crippen LogP contribution in [0.5, 0.6) is 5.75 Å². The second kappa shape index (κ2) is 7.47. The first-order valence-corrected chi connectivity index (χ1v) is 7.18. The quantitative estimate of drug-likeness (QED) is 0.844. The van der Waals surface area contributed by atoms with Crippen LogP contribution in [0.4, 0.5) is 17.5 Å². The van der Waals surface area contributed by atoms with Gasteiger partial charge in [0.25, 0.3) is 0 Å². The van der Waals surface area contributed by atoms with Gasteiger partial charge in [-0.2, -0.15) is 4.98 Å². The lowest BCUT2D eigenvalue weighted by molar-refractivity contribution is 0.417. The maximum atomic E-state index is 5.32. The van der Waals surface area contributed by atoms with E-state index in [2.05, 4.69) is 27.1 Å². The van der Waals surface area contributed by atoms with E-state index in [0.29, 0.717) is 5.95 Å². The van der Waals surface area contributed by atoms with Crippen LogP contribution in [0.2, 0.25) is 0 Å². The van der Waals surface area contributed by atoms with Crippen molar-refractivity contribution in [1.29, 1.82) is 0 Å². The summed E-state index contributed by atoms with van der Waals surface area (Å²) in [5.74, 6) is 2.25.